The van der Waals surface area contributed by atoms with E-state index in [2.05, 4.69) is 6.92 Å². The van der Waals surface area contributed by atoms with Gasteiger partial charge in [-0.05, 0) is 19.3 Å². The average molecular weight is 269 g/mol. The van der Waals surface area contributed by atoms with Crippen molar-refractivity contribution in [1.29, 1.82) is 0 Å². The number of likely N-dealkylation sites (tertiary alicyclic amines) is 1. The van der Waals surface area contributed by atoms with Crippen molar-refractivity contribution in [2.45, 2.75) is 70.8 Å². The van der Waals surface area contributed by atoms with E-state index in [1.54, 1.807) is 4.90 Å². The number of unbranched alkanes of at least 4 members (excludes halogenated alkanes) is 5. The molecule has 0 aliphatic carbocycles. The highest BCUT2D eigenvalue weighted by Crippen LogP contribution is 2.20. The lowest BCUT2D eigenvalue weighted by molar-refractivity contribution is -0.151. The summed E-state index contributed by atoms with van der Waals surface area (Å²) in [4.78, 5) is 25.4. The van der Waals surface area contributed by atoms with E-state index >= 15 is 0 Å². The first kappa shape index (κ1) is 16.0. The summed E-state index contributed by atoms with van der Waals surface area (Å²) in [7, 11) is 1.39. The van der Waals surface area contributed by atoms with Crippen molar-refractivity contribution in [2.75, 3.05) is 13.7 Å². The maximum atomic E-state index is 12.1. The Bertz CT molecular complexity index is 291. The van der Waals surface area contributed by atoms with Crippen molar-refractivity contribution in [3.8, 4) is 0 Å². The molecular weight excluding hydrogens is 242 g/mol. The molecule has 0 N–H and O–H groups in total. The van der Waals surface area contributed by atoms with Gasteiger partial charge in [0, 0.05) is 13.0 Å². The van der Waals surface area contributed by atoms with Crippen LogP contribution in [0.15, 0.2) is 0 Å². The summed E-state index contributed by atoms with van der Waals surface area (Å²) >= 11 is 0. The van der Waals surface area contributed by atoms with Crippen LogP contribution in [0.1, 0.15) is 64.7 Å². The van der Waals surface area contributed by atoms with E-state index in [0.717, 1.165) is 25.7 Å². The molecule has 1 fully saturated rings. The first-order chi connectivity index (χ1) is 9.20. The second-order valence-electron chi connectivity index (χ2n) is 5.29. The molecule has 0 bridgehead atoms. The van der Waals surface area contributed by atoms with Gasteiger partial charge in [-0.15, -0.1) is 0 Å². The molecule has 4 nitrogen and oxygen atoms in total. The minimum Gasteiger partial charge on any atom is -0.467 e. The molecule has 0 aromatic heterocycles. The Hall–Kier alpha value is -1.06. The van der Waals surface area contributed by atoms with Gasteiger partial charge in [-0.1, -0.05) is 39.0 Å². The molecule has 0 saturated carbocycles. The molecule has 0 radical (unpaired) electrons. The molecule has 1 unspecified atom stereocenters. The van der Waals surface area contributed by atoms with Crippen molar-refractivity contribution >= 4 is 11.9 Å². The molecule has 0 aromatic carbocycles. The summed E-state index contributed by atoms with van der Waals surface area (Å²) in [6.07, 6.45) is 9.27. The number of carbonyl (C=O) groups is 2. The number of esters is 1. The van der Waals surface area contributed by atoms with Crippen LogP contribution in [0.3, 0.4) is 0 Å². The van der Waals surface area contributed by atoms with Gasteiger partial charge in [0.2, 0.25) is 5.91 Å². The fraction of sp³-hybridized carbons (Fsp3) is 0.867. The van der Waals surface area contributed by atoms with Gasteiger partial charge in [0.25, 0.3) is 0 Å². The first-order valence-corrected chi connectivity index (χ1v) is 7.58. The lowest BCUT2D eigenvalue weighted by Gasteiger charge is -2.22. The van der Waals surface area contributed by atoms with Gasteiger partial charge >= 0.3 is 5.97 Å². The van der Waals surface area contributed by atoms with Crippen molar-refractivity contribution < 1.29 is 14.3 Å². The first-order valence-electron chi connectivity index (χ1n) is 7.58. The summed E-state index contributed by atoms with van der Waals surface area (Å²) in [6, 6.07) is -0.336. The highest BCUT2D eigenvalue weighted by atomic mass is 16.5. The predicted molar refractivity (Wildman–Crippen MR) is 74.7 cm³/mol. The van der Waals surface area contributed by atoms with Crippen LogP contribution in [-0.2, 0) is 14.3 Å². The Morgan fingerprint density at radius 3 is 2.53 bits per heavy atom. The molecule has 1 atom stereocenters. The Balaban J connectivity index is 2.23. The van der Waals surface area contributed by atoms with Gasteiger partial charge in [0.15, 0.2) is 0 Å². The topological polar surface area (TPSA) is 46.6 Å². The van der Waals surface area contributed by atoms with Crippen molar-refractivity contribution in [2.24, 2.45) is 0 Å². The predicted octanol–water partition coefficient (Wildman–Crippen LogP) is 2.90. The number of ether oxygens (including phenoxy) is 1. The molecule has 0 spiro atoms. The van der Waals surface area contributed by atoms with Crippen molar-refractivity contribution in [1.82, 2.24) is 4.90 Å². The number of hydrogen-bond acceptors (Lipinski definition) is 3. The van der Waals surface area contributed by atoms with Crippen LogP contribution in [0, 0.1) is 0 Å². The molecule has 0 aromatic rings. The second-order valence-corrected chi connectivity index (χ2v) is 5.29. The lowest BCUT2D eigenvalue weighted by atomic mass is 10.1. The molecule has 1 aliphatic rings. The Morgan fingerprint density at radius 1 is 1.16 bits per heavy atom. The Kier molecular flexibility index (Phi) is 7.53. The molecule has 1 heterocycles. The van der Waals surface area contributed by atoms with Gasteiger partial charge in [0.1, 0.15) is 6.04 Å². The maximum Gasteiger partial charge on any atom is 0.328 e. The largest absolute Gasteiger partial charge is 0.467 e. The monoisotopic (exact) mass is 269 g/mol. The summed E-state index contributed by atoms with van der Waals surface area (Å²) in [6.45, 7) is 2.90. The van der Waals surface area contributed by atoms with E-state index in [9.17, 15) is 9.59 Å². The van der Waals surface area contributed by atoms with Gasteiger partial charge < -0.3 is 9.64 Å². The van der Waals surface area contributed by atoms with E-state index < -0.39 is 0 Å². The van der Waals surface area contributed by atoms with E-state index in [0.29, 0.717) is 13.0 Å². The zero-order valence-corrected chi connectivity index (χ0v) is 12.3. The molecule has 1 amide bonds. The van der Waals surface area contributed by atoms with Crippen LogP contribution in [0.2, 0.25) is 0 Å². The smallest absolute Gasteiger partial charge is 0.328 e. The van der Waals surface area contributed by atoms with Gasteiger partial charge in [0.05, 0.1) is 7.11 Å². The summed E-state index contributed by atoms with van der Waals surface area (Å²) in [5.41, 5.74) is 0. The van der Waals surface area contributed by atoms with Crippen molar-refractivity contribution in [3.63, 3.8) is 0 Å². The number of amides is 1. The fourth-order valence-corrected chi connectivity index (χ4v) is 2.65. The molecule has 4 heteroatoms. The zero-order chi connectivity index (χ0) is 14.1. The number of rotatable bonds is 8. The van der Waals surface area contributed by atoms with Crippen LogP contribution in [-0.4, -0.2) is 36.5 Å². The SMILES string of the molecule is CCCCCCCCC(=O)N1CCCC1C(=O)OC. The minimum atomic E-state index is -0.336. The summed E-state index contributed by atoms with van der Waals surface area (Å²) < 4.78 is 4.75. The number of hydrogen-bond donors (Lipinski definition) is 0. The normalized spacial score (nSPS) is 18.6. The highest BCUT2D eigenvalue weighted by Gasteiger charge is 2.34. The van der Waals surface area contributed by atoms with Gasteiger partial charge in [-0.3, -0.25) is 4.79 Å². The maximum absolute atomic E-state index is 12.1. The highest BCUT2D eigenvalue weighted by molar-refractivity contribution is 5.85. The lowest BCUT2D eigenvalue weighted by Crippen LogP contribution is -2.40. The minimum absolute atomic E-state index is 0.114. The molecule has 1 saturated heterocycles. The van der Waals surface area contributed by atoms with E-state index in [1.807, 2.05) is 0 Å². The number of carbonyl (C=O) groups excluding carboxylic acids is 2. The second kappa shape index (κ2) is 8.94. The fourth-order valence-electron chi connectivity index (χ4n) is 2.65. The molecule has 110 valence electrons. The molecular formula is C15H27NO3. The Labute approximate surface area is 116 Å². The van der Waals surface area contributed by atoms with Crippen LogP contribution in [0.4, 0.5) is 0 Å². The summed E-state index contributed by atoms with van der Waals surface area (Å²) in [5.74, 6) is -0.155. The van der Waals surface area contributed by atoms with E-state index in [1.165, 1.54) is 32.8 Å². The molecule has 1 rings (SSSR count). The van der Waals surface area contributed by atoms with Crippen LogP contribution < -0.4 is 0 Å². The van der Waals surface area contributed by atoms with Crippen molar-refractivity contribution in [3.05, 3.63) is 0 Å². The van der Waals surface area contributed by atoms with Crippen LogP contribution in [0.5, 0.6) is 0 Å². The van der Waals surface area contributed by atoms with E-state index in [-0.39, 0.29) is 17.9 Å². The van der Waals surface area contributed by atoms with E-state index in [4.69, 9.17) is 4.74 Å². The average Bonchev–Trinajstić information content (AvgIpc) is 2.91. The van der Waals surface area contributed by atoms with Crippen LogP contribution >= 0.6 is 0 Å². The third-order valence-electron chi connectivity index (χ3n) is 3.79. The third kappa shape index (κ3) is 5.21. The standard InChI is InChI=1S/C15H27NO3/c1-3-4-5-6-7-8-11-14(17)16-12-9-10-13(16)15(18)19-2/h13H,3-12H2,1-2H3. The number of nitrogens with zero attached hydrogens (tertiary/aromatic N) is 1. The quantitative estimate of drug-likeness (QED) is 0.503. The van der Waals surface area contributed by atoms with Gasteiger partial charge in [-0.25, -0.2) is 4.79 Å². The Morgan fingerprint density at radius 2 is 1.84 bits per heavy atom. The molecule has 1 aliphatic heterocycles. The number of methoxy groups -OCH3 is 1. The van der Waals surface area contributed by atoms with Crippen LogP contribution in [0.25, 0.3) is 0 Å². The third-order valence-corrected chi connectivity index (χ3v) is 3.79. The summed E-state index contributed by atoms with van der Waals surface area (Å²) in [5, 5.41) is 0. The van der Waals surface area contributed by atoms with Gasteiger partial charge in [-0.2, -0.15) is 0 Å². The zero-order valence-electron chi connectivity index (χ0n) is 12.3. The molecule has 19 heavy (non-hydrogen) atoms.